The molecule has 2 aromatic carbocycles. The van der Waals surface area contributed by atoms with E-state index in [0.717, 1.165) is 22.5 Å². The molecule has 1 aromatic heterocycles. The first-order valence-electron chi connectivity index (χ1n) is 10.5. The maximum absolute atomic E-state index is 13.3. The lowest BCUT2D eigenvalue weighted by atomic mass is 10.2. The van der Waals surface area contributed by atoms with Crippen molar-refractivity contribution in [1.82, 2.24) is 18.8 Å². The van der Waals surface area contributed by atoms with E-state index < -0.39 is 26.7 Å². The number of hydrogen-bond donors (Lipinski definition) is 0. The van der Waals surface area contributed by atoms with Crippen molar-refractivity contribution in [1.29, 1.82) is 0 Å². The van der Waals surface area contributed by atoms with Crippen LogP contribution < -0.4 is 5.56 Å². The van der Waals surface area contributed by atoms with Crippen LogP contribution in [-0.4, -0.2) is 59.3 Å². The van der Waals surface area contributed by atoms with Gasteiger partial charge in [-0.15, -0.1) is 0 Å². The number of fused-ring (bicyclic) bond motifs is 1. The number of alkyl halides is 3. The molecule has 0 atom stereocenters. The van der Waals surface area contributed by atoms with Gasteiger partial charge in [0.15, 0.2) is 0 Å². The summed E-state index contributed by atoms with van der Waals surface area (Å²) in [6.07, 6.45) is -3.43. The van der Waals surface area contributed by atoms with Crippen molar-refractivity contribution in [2.45, 2.75) is 24.0 Å². The molecular weight excluding hydrogens is 473 g/mol. The molecule has 3 aromatic rings. The molecule has 1 fully saturated rings. The zero-order chi connectivity index (χ0) is 24.5. The molecule has 0 unspecified atom stereocenters. The molecule has 8 nitrogen and oxygen atoms in total. The van der Waals surface area contributed by atoms with Crippen molar-refractivity contribution in [3.8, 4) is 0 Å². The minimum Gasteiger partial charge on any atom is -0.340 e. The number of hydrogen-bond acceptors (Lipinski definition) is 5. The highest BCUT2D eigenvalue weighted by Crippen LogP contribution is 2.35. The fourth-order valence-electron chi connectivity index (χ4n) is 3.88. The smallest absolute Gasteiger partial charge is 0.340 e. The van der Waals surface area contributed by atoms with Crippen LogP contribution in [0.3, 0.4) is 0 Å². The quantitative estimate of drug-likeness (QED) is 0.543. The summed E-state index contributed by atoms with van der Waals surface area (Å²) in [7, 11) is -4.38. The molecule has 4 rings (SSSR count). The molecular formula is C22H21F3N4O4S. The predicted molar refractivity (Wildman–Crippen MR) is 117 cm³/mol. The van der Waals surface area contributed by atoms with Crippen LogP contribution in [0.25, 0.3) is 10.9 Å². The van der Waals surface area contributed by atoms with Gasteiger partial charge in [0.2, 0.25) is 15.9 Å². The highest BCUT2D eigenvalue weighted by atomic mass is 32.2. The average Bonchev–Trinajstić information content (AvgIpc) is 2.83. The van der Waals surface area contributed by atoms with Crippen LogP contribution in [0.1, 0.15) is 12.0 Å². The Bertz CT molecular complexity index is 1380. The van der Waals surface area contributed by atoms with Gasteiger partial charge in [0.1, 0.15) is 0 Å². The summed E-state index contributed by atoms with van der Waals surface area (Å²) in [5.74, 6) is -0.284. The molecule has 0 radical (unpaired) electrons. The summed E-state index contributed by atoms with van der Waals surface area (Å²) in [6, 6.07) is 10.9. The van der Waals surface area contributed by atoms with Crippen molar-refractivity contribution in [3.05, 3.63) is 70.8 Å². The van der Waals surface area contributed by atoms with Gasteiger partial charge in [-0.1, -0.05) is 24.3 Å². The van der Waals surface area contributed by atoms with Gasteiger partial charge in [0.25, 0.3) is 5.56 Å². The molecule has 12 heteroatoms. The summed E-state index contributed by atoms with van der Waals surface area (Å²) in [5, 5.41) is 0.440. The summed E-state index contributed by atoms with van der Waals surface area (Å²) >= 11 is 0. The highest BCUT2D eigenvalue weighted by Gasteiger charge is 2.39. The van der Waals surface area contributed by atoms with E-state index in [9.17, 15) is 31.2 Å². The topological polar surface area (TPSA) is 92.6 Å². The van der Waals surface area contributed by atoms with Crippen molar-refractivity contribution in [2.75, 3.05) is 26.2 Å². The van der Waals surface area contributed by atoms with E-state index in [1.54, 1.807) is 24.3 Å². The van der Waals surface area contributed by atoms with E-state index >= 15 is 0 Å². The zero-order valence-electron chi connectivity index (χ0n) is 17.9. The molecule has 0 spiro atoms. The molecule has 0 aliphatic carbocycles. The Hall–Kier alpha value is -3.25. The first kappa shape index (κ1) is 23.9. The van der Waals surface area contributed by atoms with Gasteiger partial charge < -0.3 is 4.90 Å². The van der Waals surface area contributed by atoms with Crippen molar-refractivity contribution in [2.24, 2.45) is 0 Å². The average molecular weight is 494 g/mol. The van der Waals surface area contributed by atoms with Crippen LogP contribution in [0.5, 0.6) is 0 Å². The van der Waals surface area contributed by atoms with Gasteiger partial charge in [-0.25, -0.2) is 13.4 Å². The number of aromatic nitrogens is 2. The lowest BCUT2D eigenvalue weighted by Crippen LogP contribution is -2.50. The third kappa shape index (κ3) is 4.68. The Morgan fingerprint density at radius 3 is 2.32 bits per heavy atom. The third-order valence-electron chi connectivity index (χ3n) is 5.70. The first-order valence-corrected chi connectivity index (χ1v) is 11.9. The minimum atomic E-state index is -4.81. The van der Waals surface area contributed by atoms with Gasteiger partial charge in [-0.2, -0.15) is 17.5 Å². The van der Waals surface area contributed by atoms with Crippen LogP contribution in [-0.2, 0) is 27.5 Å². The summed E-state index contributed by atoms with van der Waals surface area (Å²) in [4.78, 5) is 30.0. The second kappa shape index (κ2) is 9.18. The number of piperazine rings is 1. The number of carbonyl (C=O) groups is 1. The summed E-state index contributed by atoms with van der Waals surface area (Å²) in [5.41, 5.74) is -0.930. The maximum atomic E-state index is 13.3. The first-order chi connectivity index (χ1) is 16.1. The number of benzene rings is 2. The molecule has 2 heterocycles. The van der Waals surface area contributed by atoms with E-state index in [4.69, 9.17) is 0 Å². The lowest BCUT2D eigenvalue weighted by Gasteiger charge is -2.34. The standard InChI is InChI=1S/C22H21F3N4O4S/c23-22(24,25)17-6-2-4-8-19(17)34(32,33)29-13-11-27(12-14-29)20(30)9-10-28-15-26-18-7-3-1-5-16(18)21(28)31/h1-8,15H,9-14H2. The Labute approximate surface area is 193 Å². The largest absolute Gasteiger partial charge is 0.417 e. The number of para-hydroxylation sites is 1. The molecule has 1 aliphatic rings. The van der Waals surface area contributed by atoms with Gasteiger partial charge in [-0.05, 0) is 24.3 Å². The molecule has 1 amide bonds. The second-order valence-electron chi connectivity index (χ2n) is 7.79. The number of carbonyl (C=O) groups excluding carboxylic acids is 1. The fourth-order valence-corrected chi connectivity index (χ4v) is 5.52. The molecule has 0 N–H and O–H groups in total. The Kier molecular flexibility index (Phi) is 6.45. The van der Waals surface area contributed by atoms with E-state index in [2.05, 4.69) is 4.98 Å². The fraction of sp³-hybridized carbons (Fsp3) is 0.318. The van der Waals surface area contributed by atoms with Crippen LogP contribution in [0.15, 0.2) is 64.5 Å². The number of sulfonamides is 1. The maximum Gasteiger partial charge on any atom is 0.417 e. The van der Waals surface area contributed by atoms with Gasteiger partial charge in [0.05, 0.1) is 27.7 Å². The molecule has 0 saturated carbocycles. The number of halogens is 3. The van der Waals surface area contributed by atoms with Crippen LogP contribution >= 0.6 is 0 Å². The minimum absolute atomic E-state index is 0.00356. The Morgan fingerprint density at radius 2 is 1.62 bits per heavy atom. The normalized spacial score (nSPS) is 15.6. The number of rotatable bonds is 5. The van der Waals surface area contributed by atoms with Gasteiger partial charge in [-0.3, -0.25) is 14.2 Å². The predicted octanol–water partition coefficient (Wildman–Crippen LogP) is 2.34. The Balaban J connectivity index is 1.40. The SMILES string of the molecule is O=C(CCn1cnc2ccccc2c1=O)N1CCN(S(=O)(=O)c2ccccc2C(F)(F)F)CC1. The monoisotopic (exact) mass is 494 g/mol. The van der Waals surface area contributed by atoms with Crippen LogP contribution in [0.2, 0.25) is 0 Å². The van der Waals surface area contributed by atoms with E-state index in [-0.39, 0.29) is 50.6 Å². The van der Waals surface area contributed by atoms with E-state index in [1.165, 1.54) is 21.9 Å². The number of aryl methyl sites for hydroxylation is 1. The van der Waals surface area contributed by atoms with Crippen molar-refractivity contribution < 1.29 is 26.4 Å². The second-order valence-corrected chi connectivity index (χ2v) is 9.70. The van der Waals surface area contributed by atoms with Crippen molar-refractivity contribution in [3.63, 3.8) is 0 Å². The molecule has 1 aliphatic heterocycles. The van der Waals surface area contributed by atoms with Crippen molar-refractivity contribution >= 4 is 26.8 Å². The number of amides is 1. The number of nitrogens with zero attached hydrogens (tertiary/aromatic N) is 4. The molecule has 34 heavy (non-hydrogen) atoms. The van der Waals surface area contributed by atoms with Crippen LogP contribution in [0.4, 0.5) is 13.2 Å². The highest BCUT2D eigenvalue weighted by molar-refractivity contribution is 7.89. The molecule has 0 bridgehead atoms. The van der Waals surface area contributed by atoms with E-state index in [0.29, 0.717) is 10.9 Å². The summed E-state index contributed by atoms with van der Waals surface area (Å²) < 4.78 is 67.9. The third-order valence-corrected chi connectivity index (χ3v) is 7.66. The molecule has 180 valence electrons. The summed E-state index contributed by atoms with van der Waals surface area (Å²) in [6.45, 7) is -0.0727. The zero-order valence-corrected chi connectivity index (χ0v) is 18.7. The van der Waals surface area contributed by atoms with E-state index in [1.807, 2.05) is 0 Å². The Morgan fingerprint density at radius 1 is 0.971 bits per heavy atom. The lowest BCUT2D eigenvalue weighted by molar-refractivity contribution is -0.139. The van der Waals surface area contributed by atoms with Gasteiger partial charge >= 0.3 is 6.18 Å². The van der Waals surface area contributed by atoms with Gasteiger partial charge in [0, 0.05) is 39.1 Å². The molecule has 1 saturated heterocycles. The van der Waals surface area contributed by atoms with Crippen LogP contribution in [0, 0.1) is 0 Å².